The second-order valence-electron chi connectivity index (χ2n) is 10.4. The maximum absolute atomic E-state index is 14.2. The number of carbonyl (C=O) groups is 2. The lowest BCUT2D eigenvalue weighted by molar-refractivity contribution is -0.140. The molecule has 3 rings (SSSR count). The number of nitrogens with zero attached hydrogens (tertiary/aromatic N) is 3. The first-order valence-corrected chi connectivity index (χ1v) is 15.5. The Labute approximate surface area is 257 Å². The quantitative estimate of drug-likeness (QED) is 0.281. The molecule has 0 radical (unpaired) electrons. The highest BCUT2D eigenvalue weighted by Gasteiger charge is 2.34. The zero-order valence-corrected chi connectivity index (χ0v) is 26.3. The second kappa shape index (κ2) is 14.8. The van der Waals surface area contributed by atoms with Crippen LogP contribution in [0.4, 0.5) is 10.1 Å². The largest absolute Gasteiger partial charge is 0.354 e. The van der Waals surface area contributed by atoms with Crippen LogP contribution >= 0.6 is 23.2 Å². The molecule has 3 aromatic rings. The molecular formula is C30H35Cl2FN4O4S. The van der Waals surface area contributed by atoms with E-state index in [-0.39, 0.29) is 35.5 Å². The SMILES string of the molecule is CC(C)CNC(=O)C(Cc1ccccc1)N(Cc1ccc(Cl)c(Cl)c1)C(=O)CN(c1ccc(F)cc1)S(=O)(=O)N(C)C. The molecule has 1 atom stereocenters. The van der Waals surface area contributed by atoms with Crippen LogP contribution in [0.5, 0.6) is 0 Å². The van der Waals surface area contributed by atoms with Crippen LogP contribution in [0.15, 0.2) is 72.8 Å². The summed E-state index contributed by atoms with van der Waals surface area (Å²) in [6.45, 7) is 3.60. The lowest BCUT2D eigenvalue weighted by Gasteiger charge is -2.34. The standard InChI is InChI=1S/C30H35Cl2FN4O4S/c1-21(2)18-34-30(39)28(17-22-8-6-5-7-9-22)36(19-23-10-15-26(31)27(32)16-23)29(38)20-37(42(40,41)35(3)4)25-13-11-24(33)12-14-25/h5-16,21,28H,17-20H2,1-4H3,(H,34,39). The van der Waals surface area contributed by atoms with E-state index in [1.54, 1.807) is 18.2 Å². The topological polar surface area (TPSA) is 90.0 Å². The van der Waals surface area contributed by atoms with Gasteiger partial charge < -0.3 is 10.2 Å². The molecule has 0 spiro atoms. The van der Waals surface area contributed by atoms with Gasteiger partial charge in [-0.1, -0.05) is 73.4 Å². The Hall–Kier alpha value is -3.18. The number of carbonyl (C=O) groups excluding carboxylic acids is 2. The van der Waals surface area contributed by atoms with Gasteiger partial charge in [0.2, 0.25) is 11.8 Å². The van der Waals surface area contributed by atoms with Crippen molar-refractivity contribution in [3.8, 4) is 0 Å². The lowest BCUT2D eigenvalue weighted by atomic mass is 10.0. The first-order chi connectivity index (χ1) is 19.8. The Morgan fingerprint density at radius 2 is 1.55 bits per heavy atom. The van der Waals surface area contributed by atoms with Crippen molar-refractivity contribution < 1.29 is 22.4 Å². The molecule has 0 saturated carbocycles. The summed E-state index contributed by atoms with van der Waals surface area (Å²) in [6.07, 6.45) is 0.175. The van der Waals surface area contributed by atoms with Crippen molar-refractivity contribution in [1.82, 2.24) is 14.5 Å². The first-order valence-electron chi connectivity index (χ1n) is 13.3. The number of anilines is 1. The second-order valence-corrected chi connectivity index (χ2v) is 13.3. The zero-order chi connectivity index (χ0) is 31.0. The van der Waals surface area contributed by atoms with Crippen molar-refractivity contribution in [3.63, 3.8) is 0 Å². The van der Waals surface area contributed by atoms with Gasteiger partial charge in [-0.3, -0.25) is 9.59 Å². The van der Waals surface area contributed by atoms with Crippen molar-refractivity contribution in [2.45, 2.75) is 32.9 Å². The summed E-state index contributed by atoms with van der Waals surface area (Å²) in [4.78, 5) is 29.2. The van der Waals surface area contributed by atoms with Gasteiger partial charge in [0.05, 0.1) is 15.7 Å². The van der Waals surface area contributed by atoms with Gasteiger partial charge >= 0.3 is 10.2 Å². The molecule has 0 aromatic heterocycles. The van der Waals surface area contributed by atoms with E-state index in [1.807, 2.05) is 44.2 Å². The number of hydrogen-bond acceptors (Lipinski definition) is 4. The molecule has 0 fully saturated rings. The van der Waals surface area contributed by atoms with Gasteiger partial charge in [0.1, 0.15) is 18.4 Å². The molecule has 0 saturated heterocycles. The monoisotopic (exact) mass is 636 g/mol. The van der Waals surface area contributed by atoms with Crippen molar-refractivity contribution in [2.24, 2.45) is 5.92 Å². The minimum atomic E-state index is -4.19. The van der Waals surface area contributed by atoms with Crippen LogP contribution in [-0.4, -0.2) is 62.7 Å². The summed E-state index contributed by atoms with van der Waals surface area (Å²) < 4.78 is 42.3. The maximum atomic E-state index is 14.2. The van der Waals surface area contributed by atoms with Crippen molar-refractivity contribution in [2.75, 3.05) is 31.5 Å². The van der Waals surface area contributed by atoms with Gasteiger partial charge in [0, 0.05) is 33.6 Å². The van der Waals surface area contributed by atoms with Gasteiger partial charge in [-0.25, -0.2) is 8.70 Å². The maximum Gasteiger partial charge on any atom is 0.304 e. The normalized spacial score (nSPS) is 12.3. The van der Waals surface area contributed by atoms with Crippen LogP contribution in [0.25, 0.3) is 0 Å². The first kappa shape index (κ1) is 33.3. The third kappa shape index (κ3) is 8.91. The summed E-state index contributed by atoms with van der Waals surface area (Å²) >= 11 is 12.4. The van der Waals surface area contributed by atoms with Crippen LogP contribution in [0, 0.1) is 11.7 Å². The van der Waals surface area contributed by atoms with Gasteiger partial charge in [-0.2, -0.15) is 12.7 Å². The predicted octanol–water partition coefficient (Wildman–Crippen LogP) is 5.16. The van der Waals surface area contributed by atoms with Gasteiger partial charge in [0.15, 0.2) is 0 Å². The predicted molar refractivity (Wildman–Crippen MR) is 165 cm³/mol. The Bertz CT molecular complexity index is 1470. The van der Waals surface area contributed by atoms with Crippen LogP contribution in [0.3, 0.4) is 0 Å². The summed E-state index contributed by atoms with van der Waals surface area (Å²) in [5, 5.41) is 3.52. The number of hydrogen-bond donors (Lipinski definition) is 1. The average molecular weight is 638 g/mol. The zero-order valence-electron chi connectivity index (χ0n) is 23.9. The minimum Gasteiger partial charge on any atom is -0.354 e. The Kier molecular flexibility index (Phi) is 11.8. The van der Waals surface area contributed by atoms with Crippen molar-refractivity contribution in [1.29, 1.82) is 0 Å². The molecule has 1 N–H and O–H groups in total. The molecule has 2 amide bonds. The fraction of sp³-hybridized carbons (Fsp3) is 0.333. The Morgan fingerprint density at radius 1 is 0.905 bits per heavy atom. The summed E-state index contributed by atoms with van der Waals surface area (Å²) in [5.41, 5.74) is 1.50. The fourth-order valence-corrected chi connectivity index (χ4v) is 5.51. The molecule has 1 unspecified atom stereocenters. The van der Waals surface area contributed by atoms with Crippen LogP contribution in [-0.2, 0) is 32.8 Å². The highest BCUT2D eigenvalue weighted by Crippen LogP contribution is 2.26. The fourth-order valence-electron chi connectivity index (χ4n) is 4.14. The highest BCUT2D eigenvalue weighted by atomic mass is 35.5. The molecule has 0 bridgehead atoms. The van der Waals surface area contributed by atoms with Gasteiger partial charge in [-0.15, -0.1) is 0 Å². The number of nitrogens with one attached hydrogen (secondary N) is 1. The highest BCUT2D eigenvalue weighted by molar-refractivity contribution is 7.90. The third-order valence-corrected chi connectivity index (χ3v) is 8.98. The summed E-state index contributed by atoms with van der Waals surface area (Å²) in [7, 11) is -1.52. The Morgan fingerprint density at radius 3 is 2.12 bits per heavy atom. The van der Waals surface area contributed by atoms with E-state index in [1.165, 1.54) is 31.1 Å². The molecule has 42 heavy (non-hydrogen) atoms. The molecule has 3 aromatic carbocycles. The van der Waals surface area contributed by atoms with E-state index in [2.05, 4.69) is 5.32 Å². The summed E-state index contributed by atoms with van der Waals surface area (Å²) in [5.74, 6) is -1.43. The number of halogens is 3. The third-order valence-electron chi connectivity index (χ3n) is 6.43. The molecule has 226 valence electrons. The van der Waals surface area contributed by atoms with Crippen LogP contribution in [0.2, 0.25) is 10.0 Å². The number of amides is 2. The average Bonchev–Trinajstić information content (AvgIpc) is 2.95. The Balaban J connectivity index is 2.10. The molecule has 0 aliphatic rings. The molecule has 12 heteroatoms. The molecule has 0 heterocycles. The molecule has 0 aliphatic heterocycles. The van der Waals surface area contributed by atoms with E-state index < -0.39 is 34.5 Å². The van der Waals surface area contributed by atoms with Crippen molar-refractivity contribution in [3.05, 3.63) is 99.8 Å². The van der Waals surface area contributed by atoms with E-state index in [0.717, 1.165) is 26.3 Å². The molecule has 8 nitrogen and oxygen atoms in total. The van der Waals surface area contributed by atoms with Crippen LogP contribution in [0.1, 0.15) is 25.0 Å². The van der Waals surface area contributed by atoms with E-state index >= 15 is 0 Å². The summed E-state index contributed by atoms with van der Waals surface area (Å²) in [6, 6.07) is 17.9. The number of benzene rings is 3. The van der Waals surface area contributed by atoms with Crippen LogP contribution < -0.4 is 9.62 Å². The van der Waals surface area contributed by atoms with Crippen molar-refractivity contribution >= 4 is 50.9 Å². The van der Waals surface area contributed by atoms with Gasteiger partial charge in [-0.05, 0) is 53.4 Å². The smallest absolute Gasteiger partial charge is 0.304 e. The molecular weight excluding hydrogens is 602 g/mol. The van der Waals surface area contributed by atoms with E-state index in [0.29, 0.717) is 17.1 Å². The number of rotatable bonds is 13. The lowest BCUT2D eigenvalue weighted by Crippen LogP contribution is -2.54. The van der Waals surface area contributed by atoms with Gasteiger partial charge in [0.25, 0.3) is 0 Å². The molecule has 0 aliphatic carbocycles. The van der Waals surface area contributed by atoms with E-state index in [4.69, 9.17) is 23.2 Å². The minimum absolute atomic E-state index is 0.0540. The van der Waals surface area contributed by atoms with E-state index in [9.17, 15) is 22.4 Å².